The first-order valence-corrected chi connectivity index (χ1v) is 18.2. The molecule has 0 radical (unpaired) electrons. The van der Waals surface area contributed by atoms with E-state index in [9.17, 15) is 28.8 Å². The number of amides is 3. The molecule has 17 heteroatoms. The van der Waals surface area contributed by atoms with Crippen molar-refractivity contribution in [3.05, 3.63) is 81.8 Å². The van der Waals surface area contributed by atoms with E-state index in [1.165, 1.54) is 46.4 Å². The van der Waals surface area contributed by atoms with Crippen molar-refractivity contribution in [1.29, 1.82) is 0 Å². The second-order valence-electron chi connectivity index (χ2n) is 11.6. The molecule has 1 unspecified atom stereocenters. The van der Waals surface area contributed by atoms with E-state index in [4.69, 9.17) is 23.7 Å². The summed E-state index contributed by atoms with van der Waals surface area (Å²) in [6, 6.07) is 11.5. The SMILES string of the molecule is COC[C@H](NC(=O)c1cnc(C)s1)C(=O)N[C@@H](COC)C(=O)N[C@@H](Cc1ccccc1)C(=O)C(C)(CI)OC(=O)OCc1ccc(OC(C)=O)cc1. The number of halogens is 1. The molecule has 3 rings (SSSR count). The van der Waals surface area contributed by atoms with Crippen molar-refractivity contribution in [2.75, 3.05) is 31.9 Å². The summed E-state index contributed by atoms with van der Waals surface area (Å²) in [5, 5.41) is 8.54. The number of Topliss-reactive ketones (excluding diaryl/α,β-unsaturated/α-hetero) is 1. The van der Waals surface area contributed by atoms with Crippen molar-refractivity contribution >= 4 is 69.6 Å². The van der Waals surface area contributed by atoms with Gasteiger partial charge in [-0.3, -0.25) is 24.0 Å². The average molecular weight is 853 g/mol. The van der Waals surface area contributed by atoms with Crippen LogP contribution < -0.4 is 20.7 Å². The van der Waals surface area contributed by atoms with Crippen LogP contribution in [0.5, 0.6) is 5.75 Å². The fourth-order valence-electron chi connectivity index (χ4n) is 4.69. The van der Waals surface area contributed by atoms with E-state index in [1.54, 1.807) is 49.4 Å². The van der Waals surface area contributed by atoms with Gasteiger partial charge in [-0.2, -0.15) is 0 Å². The number of thiazole rings is 1. The number of esters is 1. The normalized spacial score (nSPS) is 13.7. The molecular weight excluding hydrogens is 811 g/mol. The second-order valence-corrected chi connectivity index (χ2v) is 13.6. The van der Waals surface area contributed by atoms with Crippen LogP contribution in [0.25, 0.3) is 0 Å². The molecule has 4 atom stereocenters. The minimum atomic E-state index is -1.74. The quantitative estimate of drug-likeness (QED) is 0.0691. The number of hydrogen-bond donors (Lipinski definition) is 3. The highest BCUT2D eigenvalue weighted by Crippen LogP contribution is 2.22. The molecule has 0 saturated carbocycles. The van der Waals surface area contributed by atoms with Crippen molar-refractivity contribution in [3.8, 4) is 5.75 Å². The number of ketones is 1. The van der Waals surface area contributed by atoms with E-state index in [-0.39, 0.29) is 30.7 Å². The Kier molecular flexibility index (Phi) is 16.6. The molecule has 0 fully saturated rings. The van der Waals surface area contributed by atoms with Crippen LogP contribution >= 0.6 is 33.9 Å². The Labute approximate surface area is 318 Å². The van der Waals surface area contributed by atoms with Gasteiger partial charge in [0.1, 0.15) is 29.3 Å². The number of benzene rings is 2. The molecule has 0 aliphatic heterocycles. The van der Waals surface area contributed by atoms with Gasteiger partial charge in [-0.15, -0.1) is 11.3 Å². The van der Waals surface area contributed by atoms with Crippen molar-refractivity contribution in [2.24, 2.45) is 0 Å². The summed E-state index contributed by atoms with van der Waals surface area (Å²) in [5.41, 5.74) is -0.473. The highest BCUT2D eigenvalue weighted by molar-refractivity contribution is 14.1. The number of ether oxygens (including phenoxy) is 5. The number of carbonyl (C=O) groups excluding carboxylic acids is 6. The number of nitrogens with zero attached hydrogens (tertiary/aromatic N) is 1. The van der Waals surface area contributed by atoms with Crippen molar-refractivity contribution in [3.63, 3.8) is 0 Å². The first-order valence-electron chi connectivity index (χ1n) is 15.9. The van der Waals surface area contributed by atoms with Gasteiger partial charge in [-0.1, -0.05) is 65.1 Å². The number of rotatable bonds is 19. The number of aryl methyl sites for hydroxylation is 1. The van der Waals surface area contributed by atoms with Gasteiger partial charge < -0.3 is 39.6 Å². The largest absolute Gasteiger partial charge is 0.509 e. The maximum absolute atomic E-state index is 14.1. The van der Waals surface area contributed by atoms with Crippen LogP contribution in [0.2, 0.25) is 0 Å². The molecular formula is C35H41IN4O11S. The van der Waals surface area contributed by atoms with Crippen molar-refractivity contribution in [1.82, 2.24) is 20.9 Å². The molecule has 0 aliphatic carbocycles. The van der Waals surface area contributed by atoms with Crippen molar-refractivity contribution < 1.29 is 52.5 Å². The Morgan fingerprint density at radius 2 is 1.44 bits per heavy atom. The second kappa shape index (κ2) is 20.5. The predicted molar refractivity (Wildman–Crippen MR) is 197 cm³/mol. The molecule has 0 saturated heterocycles. The third-order valence-electron chi connectivity index (χ3n) is 7.31. The van der Waals surface area contributed by atoms with Crippen LogP contribution in [0, 0.1) is 6.92 Å². The summed E-state index contributed by atoms with van der Waals surface area (Å²) in [6.07, 6.45) is 0.294. The van der Waals surface area contributed by atoms with E-state index < -0.39 is 59.4 Å². The molecule has 3 amide bonds. The molecule has 3 aromatic rings. The number of nitrogens with one attached hydrogen (secondary N) is 3. The Hall–Kier alpha value is -4.46. The van der Waals surface area contributed by atoms with Crippen LogP contribution in [0.1, 0.15) is 39.7 Å². The molecule has 280 valence electrons. The van der Waals surface area contributed by atoms with Gasteiger partial charge in [0.05, 0.1) is 30.5 Å². The van der Waals surface area contributed by atoms with Crippen LogP contribution in [-0.4, -0.2) is 96.2 Å². The lowest BCUT2D eigenvalue weighted by molar-refractivity contribution is -0.141. The minimum Gasteiger partial charge on any atom is -0.429 e. The minimum absolute atomic E-state index is 0.00680. The van der Waals surface area contributed by atoms with Gasteiger partial charge in [0.25, 0.3) is 5.91 Å². The molecule has 0 spiro atoms. The number of alkyl halides is 1. The highest BCUT2D eigenvalue weighted by Gasteiger charge is 2.42. The van der Waals surface area contributed by atoms with Crippen LogP contribution in [0.4, 0.5) is 4.79 Å². The monoisotopic (exact) mass is 852 g/mol. The van der Waals surface area contributed by atoms with E-state index in [0.29, 0.717) is 26.8 Å². The fraction of sp³-hybridized carbons (Fsp3) is 0.400. The summed E-state index contributed by atoms with van der Waals surface area (Å²) < 4.78 is 26.2. The first-order chi connectivity index (χ1) is 24.8. The van der Waals surface area contributed by atoms with Gasteiger partial charge >= 0.3 is 12.1 Å². The average Bonchev–Trinajstić information content (AvgIpc) is 3.56. The lowest BCUT2D eigenvalue weighted by Crippen LogP contribution is -2.60. The Bertz CT molecular complexity index is 1690. The lowest BCUT2D eigenvalue weighted by Gasteiger charge is -2.31. The molecule has 2 aromatic carbocycles. The summed E-state index contributed by atoms with van der Waals surface area (Å²) in [6.45, 7) is 3.76. The van der Waals surface area contributed by atoms with E-state index in [1.807, 2.05) is 22.6 Å². The zero-order valence-electron chi connectivity index (χ0n) is 29.3. The molecule has 1 aromatic heterocycles. The first kappa shape index (κ1) is 42.0. The van der Waals surface area contributed by atoms with Gasteiger partial charge in [0.15, 0.2) is 11.4 Å². The Morgan fingerprint density at radius 1 is 0.846 bits per heavy atom. The maximum Gasteiger partial charge on any atom is 0.509 e. The van der Waals surface area contributed by atoms with Gasteiger partial charge in [-0.25, -0.2) is 9.78 Å². The smallest absolute Gasteiger partial charge is 0.429 e. The van der Waals surface area contributed by atoms with Crippen LogP contribution in [0.3, 0.4) is 0 Å². The van der Waals surface area contributed by atoms with Crippen molar-refractivity contribution in [2.45, 2.75) is 57.5 Å². The summed E-state index contributed by atoms with van der Waals surface area (Å²) in [4.78, 5) is 82.3. The topological polar surface area (TPSA) is 198 Å². The number of aromatic nitrogens is 1. The van der Waals surface area contributed by atoms with Crippen LogP contribution in [0.15, 0.2) is 60.8 Å². The standard InChI is InChI=1S/C35H41IN4O11S/c1-21-37-16-29(52-21)33(45)40-28(19-48-5)32(44)39-27(18-47-4)31(43)38-26(15-23-9-7-6-8-10-23)30(42)35(3,20-36)51-34(46)49-17-24-11-13-25(14-12-24)50-22(2)41/h6-14,16,26-28H,15,17-20H2,1-5H3,(H,38,43)(H,39,44)(H,40,45)/t26-,27-,28-,35?/m0/s1. The molecule has 0 aliphatic rings. The van der Waals surface area contributed by atoms with E-state index >= 15 is 0 Å². The van der Waals surface area contributed by atoms with Gasteiger partial charge in [0.2, 0.25) is 11.8 Å². The number of hydrogen-bond acceptors (Lipinski definition) is 13. The molecule has 15 nitrogen and oxygen atoms in total. The summed E-state index contributed by atoms with van der Waals surface area (Å²) in [5.74, 6) is -2.82. The van der Waals surface area contributed by atoms with Gasteiger partial charge in [-0.05, 0) is 43.5 Å². The van der Waals surface area contributed by atoms with Gasteiger partial charge in [0, 0.05) is 25.6 Å². The molecule has 0 bridgehead atoms. The lowest BCUT2D eigenvalue weighted by atomic mass is 9.92. The third kappa shape index (κ3) is 12.9. The summed E-state index contributed by atoms with van der Waals surface area (Å²) in [7, 11) is 2.69. The fourth-order valence-corrected chi connectivity index (χ4v) is 5.90. The maximum atomic E-state index is 14.1. The third-order valence-corrected chi connectivity index (χ3v) is 9.68. The van der Waals surface area contributed by atoms with E-state index in [2.05, 4.69) is 20.9 Å². The number of carbonyl (C=O) groups is 6. The summed E-state index contributed by atoms with van der Waals surface area (Å²) >= 11 is 3.05. The Balaban J connectivity index is 1.75. The molecule has 3 N–H and O–H groups in total. The van der Waals surface area contributed by atoms with E-state index in [0.717, 1.165) is 11.3 Å². The zero-order valence-corrected chi connectivity index (χ0v) is 32.2. The predicted octanol–water partition coefficient (Wildman–Crippen LogP) is 3.10. The molecule has 52 heavy (non-hydrogen) atoms. The Morgan fingerprint density at radius 3 is 1.98 bits per heavy atom. The zero-order chi connectivity index (χ0) is 38.3. The molecule has 1 heterocycles. The number of methoxy groups -OCH3 is 2. The highest BCUT2D eigenvalue weighted by atomic mass is 127. The van der Waals surface area contributed by atoms with Crippen LogP contribution in [-0.2, 0) is 51.2 Å².